The second kappa shape index (κ2) is 6.46. The third kappa shape index (κ3) is 3.84. The number of aromatic nitrogens is 1. The Morgan fingerprint density at radius 2 is 2.09 bits per heavy atom. The molecule has 4 nitrogen and oxygen atoms in total. The number of benzene rings is 1. The molecule has 22 heavy (non-hydrogen) atoms. The molecule has 0 aliphatic carbocycles. The lowest BCUT2D eigenvalue weighted by Gasteiger charge is -2.05. The first kappa shape index (κ1) is 16.5. The Labute approximate surface area is 134 Å². The molecule has 0 aliphatic heterocycles. The van der Waals surface area contributed by atoms with E-state index in [0.29, 0.717) is 10.0 Å². The first-order valence-electron chi connectivity index (χ1n) is 6.69. The van der Waals surface area contributed by atoms with Gasteiger partial charge in [-0.25, -0.2) is 13.4 Å². The van der Waals surface area contributed by atoms with E-state index >= 15 is 0 Å². The maximum Gasteiger partial charge on any atom is 0.180 e. The summed E-state index contributed by atoms with van der Waals surface area (Å²) in [7, 11) is -3.23. The third-order valence-corrected chi connectivity index (χ3v) is 5.12. The van der Waals surface area contributed by atoms with Gasteiger partial charge >= 0.3 is 0 Å². The fraction of sp³-hybridized carbons (Fsp3) is 0.188. The average Bonchev–Trinajstić information content (AvgIpc) is 2.76. The SMILES string of the molecule is C/C=C\C(=C/c1sc(N)nc1C)c1cccc(S(C)(=O)=O)c1. The molecule has 2 aromatic rings. The van der Waals surface area contributed by atoms with Gasteiger partial charge in [-0.2, -0.15) is 0 Å². The van der Waals surface area contributed by atoms with E-state index in [1.165, 1.54) is 17.6 Å². The molecule has 0 saturated carbocycles. The highest BCUT2D eigenvalue weighted by Crippen LogP contribution is 2.27. The normalized spacial score (nSPS) is 13.0. The van der Waals surface area contributed by atoms with Crippen LogP contribution in [0.25, 0.3) is 11.6 Å². The molecular formula is C16H18N2O2S2. The van der Waals surface area contributed by atoms with Gasteiger partial charge in [0.05, 0.1) is 15.5 Å². The van der Waals surface area contributed by atoms with Gasteiger partial charge in [0, 0.05) is 6.26 Å². The second-order valence-corrected chi connectivity index (χ2v) is 7.98. The Morgan fingerprint density at radius 1 is 1.36 bits per heavy atom. The number of rotatable bonds is 4. The molecule has 0 saturated heterocycles. The Morgan fingerprint density at radius 3 is 2.64 bits per heavy atom. The minimum atomic E-state index is -3.23. The van der Waals surface area contributed by atoms with E-state index in [-0.39, 0.29) is 0 Å². The van der Waals surface area contributed by atoms with Crippen LogP contribution in [-0.4, -0.2) is 19.7 Å². The number of sulfone groups is 1. The van der Waals surface area contributed by atoms with Crippen LogP contribution in [0.5, 0.6) is 0 Å². The van der Waals surface area contributed by atoms with Crippen molar-refractivity contribution in [3.05, 3.63) is 52.6 Å². The Bertz CT molecular complexity index is 847. The highest BCUT2D eigenvalue weighted by Gasteiger charge is 2.10. The zero-order valence-corrected chi connectivity index (χ0v) is 14.3. The van der Waals surface area contributed by atoms with Crippen LogP contribution in [0.15, 0.2) is 41.3 Å². The number of aryl methyl sites for hydroxylation is 1. The molecule has 0 atom stereocenters. The molecule has 0 bridgehead atoms. The number of hydrogen-bond acceptors (Lipinski definition) is 5. The topological polar surface area (TPSA) is 73.0 Å². The second-order valence-electron chi connectivity index (χ2n) is 4.90. The molecule has 1 aromatic heterocycles. The zero-order chi connectivity index (χ0) is 16.3. The first-order chi connectivity index (χ1) is 10.3. The number of hydrogen-bond donors (Lipinski definition) is 1. The van der Waals surface area contributed by atoms with E-state index in [1.807, 2.05) is 38.1 Å². The summed E-state index contributed by atoms with van der Waals surface area (Å²) in [6.45, 7) is 3.82. The van der Waals surface area contributed by atoms with Crippen LogP contribution in [0, 0.1) is 6.92 Å². The molecule has 0 amide bonds. The predicted molar refractivity (Wildman–Crippen MR) is 93.5 cm³/mol. The van der Waals surface area contributed by atoms with Crippen molar-refractivity contribution in [3.8, 4) is 0 Å². The van der Waals surface area contributed by atoms with Gasteiger partial charge in [0.25, 0.3) is 0 Å². The van der Waals surface area contributed by atoms with Crippen LogP contribution in [0.3, 0.4) is 0 Å². The van der Waals surface area contributed by atoms with Gasteiger partial charge < -0.3 is 5.73 Å². The highest BCUT2D eigenvalue weighted by molar-refractivity contribution is 7.90. The predicted octanol–water partition coefficient (Wildman–Crippen LogP) is 3.55. The summed E-state index contributed by atoms with van der Waals surface area (Å²) < 4.78 is 23.4. The Hall–Kier alpha value is -1.92. The number of nitrogens with two attached hydrogens (primary N) is 1. The van der Waals surface area contributed by atoms with Gasteiger partial charge in [-0.1, -0.05) is 35.6 Å². The molecular weight excluding hydrogens is 316 g/mol. The van der Waals surface area contributed by atoms with Crippen LogP contribution in [0.2, 0.25) is 0 Å². The van der Waals surface area contributed by atoms with Crippen molar-refractivity contribution in [2.24, 2.45) is 0 Å². The van der Waals surface area contributed by atoms with Crippen LogP contribution in [0.1, 0.15) is 23.1 Å². The summed E-state index contributed by atoms with van der Waals surface area (Å²) in [5.74, 6) is 0. The van der Waals surface area contributed by atoms with E-state index < -0.39 is 9.84 Å². The fourth-order valence-electron chi connectivity index (χ4n) is 2.02. The van der Waals surface area contributed by atoms with E-state index in [9.17, 15) is 8.42 Å². The minimum Gasteiger partial charge on any atom is -0.375 e. The molecule has 0 aliphatic rings. The molecule has 1 aromatic carbocycles. The number of nitrogen functional groups attached to an aromatic ring is 1. The molecule has 0 spiro atoms. The Kier molecular flexibility index (Phi) is 4.83. The highest BCUT2D eigenvalue weighted by atomic mass is 32.2. The van der Waals surface area contributed by atoms with Gasteiger partial charge in [-0.15, -0.1) is 0 Å². The quantitative estimate of drug-likeness (QED) is 0.868. The van der Waals surface area contributed by atoms with Crippen molar-refractivity contribution in [2.45, 2.75) is 18.7 Å². The summed E-state index contributed by atoms with van der Waals surface area (Å²) in [5, 5.41) is 0.522. The van der Waals surface area contributed by atoms with E-state index in [1.54, 1.807) is 18.2 Å². The lowest BCUT2D eigenvalue weighted by atomic mass is 10.0. The molecule has 116 valence electrons. The van der Waals surface area contributed by atoms with Gasteiger partial charge in [0.15, 0.2) is 15.0 Å². The lowest BCUT2D eigenvalue weighted by molar-refractivity contribution is 0.602. The summed E-state index contributed by atoms with van der Waals surface area (Å²) in [6.07, 6.45) is 7.04. The molecule has 2 rings (SSSR count). The molecule has 0 unspecified atom stereocenters. The van der Waals surface area contributed by atoms with E-state index in [2.05, 4.69) is 4.98 Å². The number of allylic oxidation sites excluding steroid dienone is 3. The summed E-state index contributed by atoms with van der Waals surface area (Å²) in [5.41, 5.74) is 8.35. The van der Waals surface area contributed by atoms with Gasteiger partial charge in [0.2, 0.25) is 0 Å². The third-order valence-electron chi connectivity index (χ3n) is 3.08. The van der Waals surface area contributed by atoms with Crippen molar-refractivity contribution in [1.29, 1.82) is 0 Å². The number of thiazole rings is 1. The molecule has 1 heterocycles. The van der Waals surface area contributed by atoms with Crippen LogP contribution < -0.4 is 5.73 Å². The smallest absolute Gasteiger partial charge is 0.180 e. The van der Waals surface area contributed by atoms with E-state index in [4.69, 9.17) is 5.73 Å². The average molecular weight is 334 g/mol. The number of nitrogens with zero attached hydrogens (tertiary/aromatic N) is 1. The summed E-state index contributed by atoms with van der Waals surface area (Å²) in [4.78, 5) is 5.48. The molecule has 6 heteroatoms. The zero-order valence-electron chi connectivity index (χ0n) is 12.7. The van der Waals surface area contributed by atoms with Crippen molar-refractivity contribution >= 4 is 38.0 Å². The minimum absolute atomic E-state index is 0.306. The van der Waals surface area contributed by atoms with Crippen LogP contribution >= 0.6 is 11.3 Å². The molecule has 0 fully saturated rings. The standard InChI is InChI=1S/C16H18N2O2S2/c1-4-6-12(10-15-11(2)18-16(17)21-15)13-7-5-8-14(9-13)22(3,19)20/h4-10H,1-3H3,(H2,17,18)/b6-4-,12-10+. The van der Waals surface area contributed by atoms with Gasteiger partial charge in [-0.05, 0) is 43.2 Å². The summed E-state index contributed by atoms with van der Waals surface area (Å²) >= 11 is 1.41. The Balaban J connectivity index is 2.56. The van der Waals surface area contributed by atoms with Gasteiger partial charge in [0.1, 0.15) is 0 Å². The maximum atomic E-state index is 11.7. The maximum absolute atomic E-state index is 11.7. The molecule has 0 radical (unpaired) electrons. The number of anilines is 1. The van der Waals surface area contributed by atoms with Gasteiger partial charge in [-0.3, -0.25) is 0 Å². The summed E-state index contributed by atoms with van der Waals surface area (Å²) in [6, 6.07) is 6.92. The van der Waals surface area contributed by atoms with Crippen molar-refractivity contribution < 1.29 is 8.42 Å². The van der Waals surface area contributed by atoms with Crippen molar-refractivity contribution in [2.75, 3.05) is 12.0 Å². The fourth-order valence-corrected chi connectivity index (χ4v) is 3.47. The molecule has 2 N–H and O–H groups in total. The van der Waals surface area contributed by atoms with Crippen molar-refractivity contribution in [1.82, 2.24) is 4.98 Å². The van der Waals surface area contributed by atoms with Crippen LogP contribution in [0.4, 0.5) is 5.13 Å². The first-order valence-corrected chi connectivity index (χ1v) is 9.40. The lowest BCUT2D eigenvalue weighted by Crippen LogP contribution is -1.97. The monoisotopic (exact) mass is 334 g/mol. The van der Waals surface area contributed by atoms with E-state index in [0.717, 1.165) is 21.7 Å². The van der Waals surface area contributed by atoms with Crippen molar-refractivity contribution in [3.63, 3.8) is 0 Å². The van der Waals surface area contributed by atoms with Crippen LogP contribution in [-0.2, 0) is 9.84 Å². The largest absolute Gasteiger partial charge is 0.375 e.